The Kier molecular flexibility index (Phi) is 4.93. The number of hydrogen-bond donors (Lipinski definition) is 2. The number of aryl methyl sites for hydroxylation is 1. The molecule has 0 bridgehead atoms. The molecule has 148 valence electrons. The highest BCUT2D eigenvalue weighted by Crippen LogP contribution is 2.31. The van der Waals surface area contributed by atoms with Crippen molar-refractivity contribution in [1.82, 2.24) is 24.4 Å². The Morgan fingerprint density at radius 3 is 2.82 bits per heavy atom. The number of aliphatic hydroxyl groups excluding tert-OH is 1. The molecule has 7 heteroatoms. The van der Waals surface area contributed by atoms with Crippen molar-refractivity contribution in [3.63, 3.8) is 0 Å². The number of aliphatic hydroxyl groups is 1. The van der Waals surface area contributed by atoms with Crippen molar-refractivity contribution >= 4 is 16.9 Å². The van der Waals surface area contributed by atoms with E-state index in [-0.39, 0.29) is 30.5 Å². The van der Waals surface area contributed by atoms with Gasteiger partial charge in [0.2, 0.25) is 5.91 Å². The maximum absolute atomic E-state index is 12.8. The van der Waals surface area contributed by atoms with Gasteiger partial charge in [0.1, 0.15) is 18.2 Å². The van der Waals surface area contributed by atoms with Gasteiger partial charge in [0.25, 0.3) is 0 Å². The van der Waals surface area contributed by atoms with Crippen LogP contribution in [0.3, 0.4) is 0 Å². The van der Waals surface area contributed by atoms with Crippen molar-refractivity contribution in [2.45, 2.75) is 64.3 Å². The highest BCUT2D eigenvalue weighted by molar-refractivity contribution is 5.81. The van der Waals surface area contributed by atoms with Crippen molar-refractivity contribution in [1.29, 1.82) is 0 Å². The van der Waals surface area contributed by atoms with Crippen molar-refractivity contribution in [2.24, 2.45) is 0 Å². The lowest BCUT2D eigenvalue weighted by molar-refractivity contribution is -0.123. The molecule has 28 heavy (non-hydrogen) atoms. The largest absolute Gasteiger partial charge is 0.389 e. The molecule has 0 aliphatic heterocycles. The van der Waals surface area contributed by atoms with Gasteiger partial charge in [-0.15, -0.1) is 0 Å². The first-order chi connectivity index (χ1) is 13.5. The zero-order valence-electron chi connectivity index (χ0n) is 16.5. The van der Waals surface area contributed by atoms with Crippen molar-refractivity contribution in [3.8, 4) is 0 Å². The van der Waals surface area contributed by atoms with Gasteiger partial charge >= 0.3 is 0 Å². The molecule has 1 fully saturated rings. The summed E-state index contributed by atoms with van der Waals surface area (Å²) in [7, 11) is 0. The number of benzene rings is 1. The highest BCUT2D eigenvalue weighted by atomic mass is 16.3. The van der Waals surface area contributed by atoms with Crippen molar-refractivity contribution in [2.75, 3.05) is 0 Å². The number of hydrogen-bond acceptors (Lipinski definition) is 4. The molecule has 1 amide bonds. The summed E-state index contributed by atoms with van der Waals surface area (Å²) in [4.78, 5) is 21.7. The minimum Gasteiger partial charge on any atom is -0.389 e. The van der Waals surface area contributed by atoms with Crippen LogP contribution in [0, 0.1) is 6.92 Å². The quantitative estimate of drug-likeness (QED) is 0.711. The molecule has 3 atom stereocenters. The lowest BCUT2D eigenvalue weighted by Gasteiger charge is -2.23. The number of imidazole rings is 2. The SMILES string of the molecule is Cc1nccn1[C@@H]1CC[C@@H](NC(=O)Cn2c(C(C)C)nc3ccccc32)[C@H]1O. The monoisotopic (exact) mass is 381 g/mol. The molecular formula is C21H27N5O2. The number of rotatable bonds is 5. The highest BCUT2D eigenvalue weighted by Gasteiger charge is 2.37. The van der Waals surface area contributed by atoms with Crippen LogP contribution >= 0.6 is 0 Å². The van der Waals surface area contributed by atoms with Crippen LogP contribution in [-0.4, -0.2) is 42.3 Å². The molecule has 1 aliphatic carbocycles. The summed E-state index contributed by atoms with van der Waals surface area (Å²) in [6.07, 6.45) is 4.57. The summed E-state index contributed by atoms with van der Waals surface area (Å²) in [5.74, 6) is 1.89. The van der Waals surface area contributed by atoms with E-state index in [2.05, 4.69) is 24.1 Å². The van der Waals surface area contributed by atoms with Gasteiger partial charge in [-0.1, -0.05) is 26.0 Å². The van der Waals surface area contributed by atoms with E-state index in [1.165, 1.54) is 0 Å². The molecule has 2 aromatic heterocycles. The number of carbonyl (C=O) groups excluding carboxylic acids is 1. The van der Waals surface area contributed by atoms with E-state index in [1.54, 1.807) is 6.20 Å². The van der Waals surface area contributed by atoms with Gasteiger partial charge in [-0.25, -0.2) is 9.97 Å². The van der Waals surface area contributed by atoms with Crippen LogP contribution < -0.4 is 5.32 Å². The molecule has 0 spiro atoms. The van der Waals surface area contributed by atoms with Crippen LogP contribution in [0.5, 0.6) is 0 Å². The first-order valence-electron chi connectivity index (χ1n) is 9.87. The average Bonchev–Trinajstić information content (AvgIpc) is 3.34. The van der Waals surface area contributed by atoms with Gasteiger partial charge in [0, 0.05) is 18.3 Å². The third-order valence-corrected chi connectivity index (χ3v) is 5.65. The number of nitrogens with one attached hydrogen (secondary N) is 1. The molecule has 1 saturated carbocycles. The Hall–Kier alpha value is -2.67. The minimum atomic E-state index is -0.624. The smallest absolute Gasteiger partial charge is 0.240 e. The Morgan fingerprint density at radius 1 is 1.32 bits per heavy atom. The van der Waals surface area contributed by atoms with E-state index in [9.17, 15) is 9.90 Å². The Bertz CT molecular complexity index is 990. The molecule has 4 rings (SSSR count). The lowest BCUT2D eigenvalue weighted by Crippen LogP contribution is -2.43. The predicted molar refractivity (Wildman–Crippen MR) is 107 cm³/mol. The van der Waals surface area contributed by atoms with E-state index in [0.717, 1.165) is 35.5 Å². The summed E-state index contributed by atoms with van der Waals surface area (Å²) in [6, 6.07) is 7.57. The summed E-state index contributed by atoms with van der Waals surface area (Å²) < 4.78 is 3.98. The Balaban J connectivity index is 1.49. The van der Waals surface area contributed by atoms with Crippen LogP contribution in [0.1, 0.15) is 50.3 Å². The van der Waals surface area contributed by atoms with Crippen LogP contribution in [0.15, 0.2) is 36.7 Å². The molecule has 3 aromatic rings. The molecule has 0 radical (unpaired) electrons. The van der Waals surface area contributed by atoms with E-state index >= 15 is 0 Å². The lowest BCUT2D eigenvalue weighted by atomic mass is 10.1. The molecular weight excluding hydrogens is 354 g/mol. The van der Waals surface area contributed by atoms with Crippen LogP contribution in [0.2, 0.25) is 0 Å². The van der Waals surface area contributed by atoms with E-state index in [4.69, 9.17) is 4.98 Å². The van der Waals surface area contributed by atoms with Gasteiger partial charge in [-0.05, 0) is 31.9 Å². The molecule has 2 heterocycles. The van der Waals surface area contributed by atoms with Crippen LogP contribution in [-0.2, 0) is 11.3 Å². The van der Waals surface area contributed by atoms with Crippen molar-refractivity contribution < 1.29 is 9.90 Å². The van der Waals surface area contributed by atoms with Gasteiger partial charge in [-0.2, -0.15) is 0 Å². The standard InChI is InChI=1S/C21H27N5O2/c1-13(2)21-24-15-6-4-5-7-17(15)26(21)12-19(27)23-16-8-9-18(20(16)28)25-11-10-22-14(25)3/h4-7,10-11,13,16,18,20,28H,8-9,12H2,1-3H3,(H,23,27)/t16-,18-,20-/m1/s1. The van der Waals surface area contributed by atoms with E-state index in [1.807, 2.05) is 46.5 Å². The number of nitrogens with zero attached hydrogens (tertiary/aromatic N) is 4. The third kappa shape index (κ3) is 3.30. The van der Waals surface area contributed by atoms with Crippen LogP contribution in [0.4, 0.5) is 0 Å². The first-order valence-corrected chi connectivity index (χ1v) is 9.87. The Labute approximate surface area is 164 Å². The Morgan fingerprint density at radius 2 is 2.11 bits per heavy atom. The fraction of sp³-hybridized carbons (Fsp3) is 0.476. The molecule has 1 aliphatic rings. The number of fused-ring (bicyclic) bond motifs is 1. The van der Waals surface area contributed by atoms with Gasteiger partial charge in [0.15, 0.2) is 0 Å². The molecule has 1 aromatic carbocycles. The zero-order chi connectivity index (χ0) is 19.8. The average molecular weight is 381 g/mol. The molecule has 0 saturated heterocycles. The maximum Gasteiger partial charge on any atom is 0.240 e. The minimum absolute atomic E-state index is 0.0481. The zero-order valence-corrected chi connectivity index (χ0v) is 16.5. The van der Waals surface area contributed by atoms with Gasteiger partial charge in [0.05, 0.1) is 29.2 Å². The summed E-state index contributed by atoms with van der Waals surface area (Å²) in [5.41, 5.74) is 1.86. The number of para-hydroxylation sites is 2. The first kappa shape index (κ1) is 18.7. The number of aromatic nitrogens is 4. The second-order valence-corrected chi connectivity index (χ2v) is 7.89. The fourth-order valence-corrected chi connectivity index (χ4v) is 4.26. The van der Waals surface area contributed by atoms with Crippen LogP contribution in [0.25, 0.3) is 11.0 Å². The fourth-order valence-electron chi connectivity index (χ4n) is 4.26. The third-order valence-electron chi connectivity index (χ3n) is 5.65. The second-order valence-electron chi connectivity index (χ2n) is 7.89. The topological polar surface area (TPSA) is 85.0 Å². The second kappa shape index (κ2) is 7.39. The maximum atomic E-state index is 12.8. The van der Waals surface area contributed by atoms with Gasteiger partial charge < -0.3 is 19.6 Å². The normalized spacial score (nSPS) is 22.2. The summed E-state index contributed by atoms with van der Waals surface area (Å²) in [6.45, 7) is 6.28. The summed E-state index contributed by atoms with van der Waals surface area (Å²) in [5, 5.41) is 13.8. The number of carbonyl (C=O) groups is 1. The van der Waals surface area contributed by atoms with E-state index < -0.39 is 6.10 Å². The molecule has 7 nitrogen and oxygen atoms in total. The summed E-state index contributed by atoms with van der Waals surface area (Å²) >= 11 is 0. The molecule has 2 N–H and O–H groups in total. The number of amides is 1. The van der Waals surface area contributed by atoms with Crippen molar-refractivity contribution in [3.05, 3.63) is 48.3 Å². The predicted octanol–water partition coefficient (Wildman–Crippen LogP) is 2.55. The molecule has 0 unspecified atom stereocenters. The van der Waals surface area contributed by atoms with E-state index in [0.29, 0.717) is 0 Å². The van der Waals surface area contributed by atoms with Gasteiger partial charge in [-0.3, -0.25) is 4.79 Å².